The number of rotatable bonds is 9. The summed E-state index contributed by atoms with van der Waals surface area (Å²) in [6, 6.07) is 3.77. The molecule has 0 radical (unpaired) electrons. The number of aromatic nitrogens is 3. The van der Waals surface area contributed by atoms with Gasteiger partial charge in [-0.05, 0) is 55.6 Å². The number of aromatic amines is 1. The van der Waals surface area contributed by atoms with E-state index >= 15 is 0 Å². The summed E-state index contributed by atoms with van der Waals surface area (Å²) in [5.41, 5.74) is 2.08. The van der Waals surface area contributed by atoms with E-state index in [2.05, 4.69) is 20.3 Å². The second-order valence-corrected chi connectivity index (χ2v) is 10.5. The lowest BCUT2D eigenvalue weighted by Crippen LogP contribution is -2.24. The van der Waals surface area contributed by atoms with Gasteiger partial charge in [0.25, 0.3) is 5.56 Å². The second kappa shape index (κ2) is 9.62. The van der Waals surface area contributed by atoms with Crippen LogP contribution in [0.2, 0.25) is 0 Å². The third-order valence-electron chi connectivity index (χ3n) is 5.80. The number of nitrogens with one attached hydrogen (secondary N) is 2. The smallest absolute Gasteiger partial charge is 0.259 e. The Morgan fingerprint density at radius 2 is 2.16 bits per heavy atom. The third-order valence-corrected chi connectivity index (χ3v) is 7.93. The second-order valence-electron chi connectivity index (χ2n) is 8.43. The summed E-state index contributed by atoms with van der Waals surface area (Å²) in [4.78, 5) is 38.8. The van der Waals surface area contributed by atoms with Crippen LogP contribution in [0, 0.1) is 5.92 Å². The molecular formula is C23H26N4O3S2. The van der Waals surface area contributed by atoms with Crippen molar-refractivity contribution >= 4 is 39.2 Å². The van der Waals surface area contributed by atoms with Crippen molar-refractivity contribution in [3.63, 3.8) is 0 Å². The first kappa shape index (κ1) is 21.5. The number of thioether (sulfide) groups is 1. The monoisotopic (exact) mass is 470 g/mol. The third kappa shape index (κ3) is 5.15. The molecular weight excluding hydrogens is 444 g/mol. The lowest BCUT2D eigenvalue weighted by Gasteiger charge is -2.09. The zero-order chi connectivity index (χ0) is 21.9. The normalized spacial score (nSPS) is 15.5. The Bertz CT molecular complexity index is 1170. The molecule has 168 valence electrons. The Balaban J connectivity index is 1.09. The predicted molar refractivity (Wildman–Crippen MR) is 127 cm³/mol. The quantitative estimate of drug-likeness (QED) is 0.496. The highest BCUT2D eigenvalue weighted by Gasteiger charge is 2.22. The molecule has 0 atom stereocenters. The van der Waals surface area contributed by atoms with Crippen LogP contribution in [0.1, 0.15) is 47.5 Å². The predicted octanol–water partition coefficient (Wildman–Crippen LogP) is 3.60. The molecule has 9 heteroatoms. The summed E-state index contributed by atoms with van der Waals surface area (Å²) in [7, 11) is 0. The Hall–Kier alpha value is -2.39. The number of aryl methyl sites for hydroxylation is 2. The van der Waals surface area contributed by atoms with Gasteiger partial charge < -0.3 is 15.0 Å². The number of hydrogen-bond acceptors (Lipinski definition) is 7. The highest BCUT2D eigenvalue weighted by Crippen LogP contribution is 2.33. The largest absolute Gasteiger partial charge is 0.477 e. The standard InChI is InChI=1S/C23H26N4O3S2/c28-19(24-9-15-7-8-20(25-10-15)30-11-14-5-6-14)13-31-12-18-26-22(29)21-16-3-1-2-4-17(16)32-23(21)27-18/h7-8,10,14H,1-6,9,11-13H2,(H,24,28)(H,26,27,29). The molecule has 0 unspecified atom stereocenters. The Kier molecular flexibility index (Phi) is 6.45. The maximum atomic E-state index is 12.6. The maximum Gasteiger partial charge on any atom is 0.259 e. The first-order valence-corrected chi connectivity index (χ1v) is 13.1. The van der Waals surface area contributed by atoms with Gasteiger partial charge in [0.15, 0.2) is 0 Å². The summed E-state index contributed by atoms with van der Waals surface area (Å²) in [5, 5.41) is 3.68. The van der Waals surface area contributed by atoms with E-state index in [4.69, 9.17) is 4.74 Å². The average Bonchev–Trinajstić information content (AvgIpc) is 3.55. The van der Waals surface area contributed by atoms with E-state index < -0.39 is 0 Å². The first-order chi connectivity index (χ1) is 15.7. The Labute approximate surface area is 194 Å². The first-order valence-electron chi connectivity index (χ1n) is 11.1. The van der Waals surface area contributed by atoms with Crippen molar-refractivity contribution in [2.24, 2.45) is 5.92 Å². The summed E-state index contributed by atoms with van der Waals surface area (Å²) >= 11 is 3.09. The van der Waals surface area contributed by atoms with Gasteiger partial charge >= 0.3 is 0 Å². The molecule has 32 heavy (non-hydrogen) atoms. The van der Waals surface area contributed by atoms with Gasteiger partial charge in [-0.2, -0.15) is 0 Å². The van der Waals surface area contributed by atoms with Crippen LogP contribution in [-0.2, 0) is 29.9 Å². The number of ether oxygens (including phenoxy) is 1. The van der Waals surface area contributed by atoms with Crippen molar-refractivity contribution in [1.82, 2.24) is 20.3 Å². The zero-order valence-electron chi connectivity index (χ0n) is 17.8. The van der Waals surface area contributed by atoms with Gasteiger partial charge in [-0.1, -0.05) is 6.07 Å². The van der Waals surface area contributed by atoms with Gasteiger partial charge in [0, 0.05) is 23.7 Å². The van der Waals surface area contributed by atoms with Crippen molar-refractivity contribution in [1.29, 1.82) is 0 Å². The highest BCUT2D eigenvalue weighted by molar-refractivity contribution is 7.99. The van der Waals surface area contributed by atoms with Crippen LogP contribution in [0.25, 0.3) is 10.2 Å². The van der Waals surface area contributed by atoms with E-state index in [0.29, 0.717) is 35.7 Å². The van der Waals surface area contributed by atoms with Crippen molar-refractivity contribution in [2.75, 3.05) is 12.4 Å². The van der Waals surface area contributed by atoms with E-state index in [-0.39, 0.29) is 11.5 Å². The van der Waals surface area contributed by atoms with Gasteiger partial charge in [-0.25, -0.2) is 9.97 Å². The lowest BCUT2D eigenvalue weighted by atomic mass is 9.97. The zero-order valence-corrected chi connectivity index (χ0v) is 19.4. The average molecular weight is 471 g/mol. The van der Waals surface area contributed by atoms with Crippen molar-refractivity contribution < 1.29 is 9.53 Å². The molecule has 1 amide bonds. The van der Waals surface area contributed by atoms with Gasteiger partial charge in [0.1, 0.15) is 10.7 Å². The van der Waals surface area contributed by atoms with Gasteiger partial charge in [0.05, 0.1) is 23.5 Å². The minimum atomic E-state index is -0.0564. The molecule has 3 heterocycles. The molecule has 2 aliphatic carbocycles. The molecule has 0 saturated heterocycles. The molecule has 0 aliphatic heterocycles. The molecule has 2 N–H and O–H groups in total. The lowest BCUT2D eigenvalue weighted by molar-refractivity contribution is -0.118. The Morgan fingerprint density at radius 3 is 2.97 bits per heavy atom. The number of carbonyl (C=O) groups excluding carboxylic acids is 1. The SMILES string of the molecule is O=C(CSCc1nc2sc3c(c2c(=O)[nH]1)CCCC3)NCc1ccc(OCC2CC2)nc1. The van der Waals surface area contributed by atoms with Crippen LogP contribution in [-0.4, -0.2) is 33.2 Å². The summed E-state index contributed by atoms with van der Waals surface area (Å²) < 4.78 is 5.63. The van der Waals surface area contributed by atoms with Crippen LogP contribution in [0.5, 0.6) is 5.88 Å². The van der Waals surface area contributed by atoms with Crippen LogP contribution in [0.4, 0.5) is 0 Å². The van der Waals surface area contributed by atoms with E-state index in [1.165, 1.54) is 41.5 Å². The van der Waals surface area contributed by atoms with E-state index in [0.717, 1.165) is 41.6 Å². The molecule has 1 fully saturated rings. The fourth-order valence-corrected chi connectivity index (χ4v) is 5.86. The maximum absolute atomic E-state index is 12.6. The molecule has 0 bridgehead atoms. The number of pyridine rings is 1. The molecule has 3 aromatic heterocycles. The highest BCUT2D eigenvalue weighted by atomic mass is 32.2. The van der Waals surface area contributed by atoms with Crippen LogP contribution in [0.3, 0.4) is 0 Å². The van der Waals surface area contributed by atoms with Gasteiger partial charge in [0.2, 0.25) is 11.8 Å². The molecule has 7 nitrogen and oxygen atoms in total. The number of fused-ring (bicyclic) bond motifs is 3. The van der Waals surface area contributed by atoms with E-state index in [9.17, 15) is 9.59 Å². The number of amides is 1. The van der Waals surface area contributed by atoms with Gasteiger partial charge in [-0.3, -0.25) is 9.59 Å². The number of nitrogens with zero attached hydrogens (tertiary/aromatic N) is 2. The van der Waals surface area contributed by atoms with Crippen LogP contribution >= 0.6 is 23.1 Å². The topological polar surface area (TPSA) is 97.0 Å². The number of hydrogen-bond donors (Lipinski definition) is 2. The molecule has 2 aliphatic rings. The number of H-pyrrole nitrogens is 1. The van der Waals surface area contributed by atoms with Crippen molar-refractivity contribution in [3.8, 4) is 5.88 Å². The van der Waals surface area contributed by atoms with E-state index in [1.54, 1.807) is 17.5 Å². The van der Waals surface area contributed by atoms with Crippen LogP contribution < -0.4 is 15.6 Å². The number of carbonyl (C=O) groups is 1. The van der Waals surface area contributed by atoms with Crippen LogP contribution in [0.15, 0.2) is 23.1 Å². The number of thiophene rings is 1. The fourth-order valence-electron chi connectivity index (χ4n) is 3.86. The van der Waals surface area contributed by atoms with Crippen molar-refractivity contribution in [2.45, 2.75) is 50.8 Å². The molecule has 3 aromatic rings. The van der Waals surface area contributed by atoms with Crippen molar-refractivity contribution in [3.05, 3.63) is 50.5 Å². The van der Waals surface area contributed by atoms with Gasteiger partial charge in [-0.15, -0.1) is 23.1 Å². The summed E-state index contributed by atoms with van der Waals surface area (Å²) in [5.74, 6) is 2.70. The fraction of sp³-hybridized carbons (Fsp3) is 0.478. The molecule has 1 saturated carbocycles. The Morgan fingerprint density at radius 1 is 1.28 bits per heavy atom. The molecule has 0 spiro atoms. The molecule has 5 rings (SSSR count). The van der Waals surface area contributed by atoms with E-state index in [1.807, 2.05) is 12.1 Å². The minimum absolute atomic E-state index is 0.0495. The summed E-state index contributed by atoms with van der Waals surface area (Å²) in [6.45, 7) is 1.17. The minimum Gasteiger partial charge on any atom is -0.477 e. The molecule has 0 aromatic carbocycles. The summed E-state index contributed by atoms with van der Waals surface area (Å²) in [6.07, 6.45) is 8.58.